The van der Waals surface area contributed by atoms with Crippen LogP contribution in [-0.4, -0.2) is 37.2 Å². The quantitative estimate of drug-likeness (QED) is 0.338. The van der Waals surface area contributed by atoms with Gasteiger partial charge in [0.05, 0.1) is 52.2 Å². The summed E-state index contributed by atoms with van der Waals surface area (Å²) in [6.45, 7) is 0. The van der Waals surface area contributed by atoms with Crippen molar-refractivity contribution in [3.8, 4) is 6.07 Å². The van der Waals surface area contributed by atoms with Crippen molar-refractivity contribution in [1.82, 2.24) is 0 Å². The fourth-order valence-corrected chi connectivity index (χ4v) is 8.04. The summed E-state index contributed by atoms with van der Waals surface area (Å²) >= 11 is 5.74. The topological polar surface area (TPSA) is 143 Å². The second-order valence-electron chi connectivity index (χ2n) is 7.02. The standard InChI is InChI=1S/C23H16I3N3O6/c1-34-22(32)16-14(10-6-4-3-5-7-10)11(9-27)20(28)29(19(16)23(33)35-2)18-13(25)8-12(24)15(17(18)26)21(30)31/h3-8,14H,28H2,1-2H3,(H,30,31). The Morgan fingerprint density at radius 2 is 1.66 bits per heavy atom. The van der Waals surface area contributed by atoms with Crippen LogP contribution in [-0.2, 0) is 19.1 Å². The second-order valence-corrected chi connectivity index (χ2v) is 10.4. The maximum Gasteiger partial charge on any atom is 0.355 e. The van der Waals surface area contributed by atoms with Crippen molar-refractivity contribution >= 4 is 91.4 Å². The van der Waals surface area contributed by atoms with E-state index in [1.165, 1.54) is 4.90 Å². The van der Waals surface area contributed by atoms with Gasteiger partial charge in [0.15, 0.2) is 0 Å². The van der Waals surface area contributed by atoms with Crippen molar-refractivity contribution in [3.05, 3.63) is 80.9 Å². The van der Waals surface area contributed by atoms with Gasteiger partial charge in [-0.1, -0.05) is 30.3 Å². The third kappa shape index (κ3) is 4.85. The Morgan fingerprint density at radius 3 is 2.17 bits per heavy atom. The number of nitriles is 1. The molecule has 0 radical (unpaired) electrons. The molecule has 0 fully saturated rings. The predicted molar refractivity (Wildman–Crippen MR) is 151 cm³/mol. The summed E-state index contributed by atoms with van der Waals surface area (Å²) < 4.78 is 11.3. The molecular formula is C23H16I3N3O6. The molecule has 1 aliphatic heterocycles. The Bertz CT molecular complexity index is 1350. The third-order valence-electron chi connectivity index (χ3n) is 5.19. The fourth-order valence-electron chi connectivity index (χ4n) is 3.73. The largest absolute Gasteiger partial charge is 0.478 e. The summed E-state index contributed by atoms with van der Waals surface area (Å²) in [4.78, 5) is 39.6. The third-order valence-corrected chi connectivity index (χ3v) is 7.92. The molecule has 1 heterocycles. The number of nitrogens with two attached hydrogens (primary N) is 1. The number of carbonyl (C=O) groups excluding carboxylic acids is 2. The fraction of sp³-hybridized carbons (Fsp3) is 0.130. The summed E-state index contributed by atoms with van der Waals surface area (Å²) in [6.07, 6.45) is 0. The van der Waals surface area contributed by atoms with E-state index in [0.29, 0.717) is 12.7 Å². The lowest BCUT2D eigenvalue weighted by molar-refractivity contribution is -0.139. The van der Waals surface area contributed by atoms with Gasteiger partial charge < -0.3 is 20.3 Å². The Hall–Kier alpha value is -2.39. The minimum atomic E-state index is -1.18. The number of allylic oxidation sites excluding steroid dienone is 1. The van der Waals surface area contributed by atoms with Crippen LogP contribution in [0.15, 0.2) is 59.1 Å². The van der Waals surface area contributed by atoms with Crippen LogP contribution in [0.4, 0.5) is 5.69 Å². The first-order valence-electron chi connectivity index (χ1n) is 9.66. The lowest BCUT2D eigenvalue weighted by atomic mass is 9.81. The number of nitrogens with zero attached hydrogens (tertiary/aromatic N) is 2. The number of carboxylic acids is 1. The summed E-state index contributed by atoms with van der Waals surface area (Å²) in [5.74, 6) is -4.11. The molecular weight excluding hydrogens is 795 g/mol. The smallest absolute Gasteiger partial charge is 0.355 e. The van der Waals surface area contributed by atoms with E-state index in [2.05, 4.69) is 6.07 Å². The van der Waals surface area contributed by atoms with Crippen LogP contribution in [0.25, 0.3) is 0 Å². The lowest BCUT2D eigenvalue weighted by Crippen LogP contribution is -2.41. The molecule has 12 heteroatoms. The van der Waals surface area contributed by atoms with Crippen molar-refractivity contribution in [1.29, 1.82) is 5.26 Å². The molecule has 1 aliphatic rings. The number of carbonyl (C=O) groups is 3. The normalized spacial score (nSPS) is 15.5. The zero-order chi connectivity index (χ0) is 26.0. The SMILES string of the molecule is COC(=O)C1=C(C(=O)OC)N(c2c(I)cc(I)c(C(=O)O)c2I)C(N)=C(C#N)C1c1ccccc1. The van der Waals surface area contributed by atoms with Gasteiger partial charge in [-0.2, -0.15) is 5.26 Å². The monoisotopic (exact) mass is 811 g/mol. The van der Waals surface area contributed by atoms with E-state index in [-0.39, 0.29) is 37.5 Å². The molecule has 9 nitrogen and oxygen atoms in total. The average Bonchev–Trinajstić information content (AvgIpc) is 2.83. The zero-order valence-electron chi connectivity index (χ0n) is 18.1. The van der Waals surface area contributed by atoms with Gasteiger partial charge in [0.2, 0.25) is 0 Å². The van der Waals surface area contributed by atoms with Gasteiger partial charge in [0.25, 0.3) is 0 Å². The van der Waals surface area contributed by atoms with E-state index in [0.717, 1.165) is 14.2 Å². The highest BCUT2D eigenvalue weighted by atomic mass is 127. The number of hydrogen-bond donors (Lipinski definition) is 2. The van der Waals surface area contributed by atoms with Crippen LogP contribution in [0.1, 0.15) is 21.8 Å². The molecule has 1 unspecified atom stereocenters. The maximum absolute atomic E-state index is 13.2. The summed E-state index contributed by atoms with van der Waals surface area (Å²) in [7, 11) is 2.30. The first kappa shape index (κ1) is 27.2. The minimum Gasteiger partial charge on any atom is -0.478 e. The maximum atomic E-state index is 13.2. The predicted octanol–water partition coefficient (Wildman–Crippen LogP) is 4.10. The van der Waals surface area contributed by atoms with Crippen molar-refractivity contribution in [2.24, 2.45) is 5.73 Å². The molecule has 0 saturated carbocycles. The van der Waals surface area contributed by atoms with Gasteiger partial charge in [0, 0.05) is 7.14 Å². The van der Waals surface area contributed by atoms with Crippen molar-refractivity contribution < 1.29 is 29.0 Å². The van der Waals surface area contributed by atoms with Gasteiger partial charge in [-0.05, 0) is 79.4 Å². The second kappa shape index (κ2) is 11.1. The number of hydrogen-bond acceptors (Lipinski definition) is 8. The Labute approximate surface area is 241 Å². The van der Waals surface area contributed by atoms with Crippen molar-refractivity contribution in [3.63, 3.8) is 0 Å². The molecule has 3 N–H and O–H groups in total. The zero-order valence-corrected chi connectivity index (χ0v) is 24.6. The number of esters is 2. The van der Waals surface area contributed by atoms with E-state index in [1.54, 1.807) is 36.4 Å². The number of benzene rings is 2. The summed E-state index contributed by atoms with van der Waals surface area (Å²) in [5.41, 5.74) is 6.83. The molecule has 2 aromatic rings. The van der Waals surface area contributed by atoms with E-state index in [9.17, 15) is 24.8 Å². The first-order valence-corrected chi connectivity index (χ1v) is 12.9. The molecule has 0 spiro atoms. The van der Waals surface area contributed by atoms with E-state index in [4.69, 9.17) is 15.2 Å². The molecule has 0 aliphatic carbocycles. The van der Waals surface area contributed by atoms with E-state index in [1.807, 2.05) is 67.8 Å². The Morgan fingerprint density at radius 1 is 1.06 bits per heavy atom. The number of ether oxygens (including phenoxy) is 2. The number of methoxy groups -OCH3 is 2. The van der Waals surface area contributed by atoms with Gasteiger partial charge in [0.1, 0.15) is 11.5 Å². The molecule has 0 bridgehead atoms. The molecule has 35 heavy (non-hydrogen) atoms. The van der Waals surface area contributed by atoms with Gasteiger partial charge in [-0.25, -0.2) is 14.4 Å². The van der Waals surface area contributed by atoms with E-state index < -0.39 is 23.8 Å². The van der Waals surface area contributed by atoms with Crippen LogP contribution < -0.4 is 10.6 Å². The molecule has 180 valence electrons. The molecule has 0 amide bonds. The number of rotatable bonds is 5. The first-order chi connectivity index (χ1) is 16.6. The molecule has 2 aromatic carbocycles. The number of anilines is 1. The summed E-state index contributed by atoms with van der Waals surface area (Å²) in [6, 6.07) is 12.3. The number of aromatic carboxylic acids is 1. The molecule has 0 aromatic heterocycles. The van der Waals surface area contributed by atoms with Gasteiger partial charge in [-0.3, -0.25) is 4.90 Å². The summed E-state index contributed by atoms with van der Waals surface area (Å²) in [5, 5.41) is 19.9. The molecule has 0 saturated heterocycles. The molecule has 1 atom stereocenters. The van der Waals surface area contributed by atoms with Crippen LogP contribution in [0, 0.1) is 22.0 Å². The van der Waals surface area contributed by atoms with Crippen LogP contribution in [0.5, 0.6) is 0 Å². The Balaban J connectivity index is 2.53. The number of carboxylic acid groups (broad SMARTS) is 1. The van der Waals surface area contributed by atoms with Gasteiger partial charge >= 0.3 is 17.9 Å². The van der Waals surface area contributed by atoms with E-state index >= 15 is 0 Å². The van der Waals surface area contributed by atoms with Gasteiger partial charge in [-0.15, -0.1) is 0 Å². The van der Waals surface area contributed by atoms with Crippen LogP contribution >= 0.6 is 67.8 Å². The Kier molecular flexibility index (Phi) is 8.64. The van der Waals surface area contributed by atoms with Crippen molar-refractivity contribution in [2.75, 3.05) is 19.1 Å². The number of halogens is 3. The highest BCUT2D eigenvalue weighted by Gasteiger charge is 2.44. The lowest BCUT2D eigenvalue weighted by Gasteiger charge is -2.37. The average molecular weight is 811 g/mol. The minimum absolute atomic E-state index is 0.00808. The highest BCUT2D eigenvalue weighted by Crippen LogP contribution is 2.46. The van der Waals surface area contributed by atoms with Crippen LogP contribution in [0.3, 0.4) is 0 Å². The molecule has 3 rings (SSSR count). The highest BCUT2D eigenvalue weighted by molar-refractivity contribution is 14.1. The van der Waals surface area contributed by atoms with Crippen molar-refractivity contribution in [2.45, 2.75) is 5.92 Å². The van der Waals surface area contributed by atoms with Crippen LogP contribution in [0.2, 0.25) is 0 Å².